The molecule has 4 nitrogen and oxygen atoms in total. The number of methoxy groups -OCH3 is 1. The average Bonchev–Trinajstić information content (AvgIpc) is 2.60. The van der Waals surface area contributed by atoms with Gasteiger partial charge in [-0.15, -0.1) is 0 Å². The highest BCUT2D eigenvalue weighted by atomic mass is 32.2. The fourth-order valence-corrected chi connectivity index (χ4v) is 5.13. The quantitative estimate of drug-likeness (QED) is 0.855. The second-order valence-corrected chi connectivity index (χ2v) is 7.94. The number of sulfonamides is 1. The van der Waals surface area contributed by atoms with Crippen LogP contribution in [0.4, 0.5) is 0 Å². The van der Waals surface area contributed by atoms with E-state index in [9.17, 15) is 8.42 Å². The first-order valence-electron chi connectivity index (χ1n) is 8.16. The van der Waals surface area contributed by atoms with Gasteiger partial charge < -0.3 is 4.74 Å². The predicted molar refractivity (Wildman–Crippen MR) is 92.3 cm³/mol. The average molecular weight is 333 g/mol. The molecular weight excluding hydrogens is 310 g/mol. The van der Waals surface area contributed by atoms with E-state index in [0.717, 1.165) is 42.2 Å². The smallest absolute Gasteiger partial charge is 0.243 e. The van der Waals surface area contributed by atoms with Crippen LogP contribution in [0, 0.1) is 0 Å². The molecule has 0 radical (unpaired) electrons. The van der Waals surface area contributed by atoms with Gasteiger partial charge in [0.1, 0.15) is 5.75 Å². The van der Waals surface area contributed by atoms with Gasteiger partial charge in [0, 0.05) is 12.6 Å². The van der Waals surface area contributed by atoms with Crippen molar-refractivity contribution in [2.24, 2.45) is 0 Å². The molecule has 1 fully saturated rings. The summed E-state index contributed by atoms with van der Waals surface area (Å²) in [5.41, 5.74) is 0. The largest absolute Gasteiger partial charge is 0.497 e. The Bertz CT molecular complexity index is 801. The van der Waals surface area contributed by atoms with Crippen LogP contribution in [0.1, 0.15) is 32.6 Å². The molecule has 0 amide bonds. The van der Waals surface area contributed by atoms with Crippen molar-refractivity contribution < 1.29 is 13.2 Å². The Morgan fingerprint density at radius 1 is 1.13 bits per heavy atom. The molecule has 1 aliphatic heterocycles. The topological polar surface area (TPSA) is 46.6 Å². The number of piperidine rings is 1. The highest BCUT2D eigenvalue weighted by molar-refractivity contribution is 7.89. The van der Waals surface area contributed by atoms with Crippen molar-refractivity contribution in [3.05, 3.63) is 36.4 Å². The number of fused-ring (bicyclic) bond motifs is 1. The molecule has 2 aromatic carbocycles. The molecular formula is C18H23NO3S. The van der Waals surface area contributed by atoms with Crippen molar-refractivity contribution in [2.45, 2.75) is 43.5 Å². The van der Waals surface area contributed by atoms with Gasteiger partial charge in [-0.05, 0) is 54.3 Å². The van der Waals surface area contributed by atoms with Crippen molar-refractivity contribution in [1.29, 1.82) is 0 Å². The summed E-state index contributed by atoms with van der Waals surface area (Å²) in [5, 5.41) is 1.89. The zero-order chi connectivity index (χ0) is 16.4. The Hall–Kier alpha value is -1.59. The molecule has 0 aliphatic carbocycles. The fourth-order valence-electron chi connectivity index (χ4n) is 3.32. The molecule has 5 heteroatoms. The van der Waals surface area contributed by atoms with Gasteiger partial charge in [-0.2, -0.15) is 4.31 Å². The van der Waals surface area contributed by atoms with Crippen LogP contribution >= 0.6 is 0 Å². The molecule has 0 N–H and O–H groups in total. The number of nitrogens with zero attached hydrogens (tertiary/aromatic N) is 1. The van der Waals surface area contributed by atoms with Crippen molar-refractivity contribution in [1.82, 2.24) is 4.31 Å². The first-order chi connectivity index (χ1) is 11.1. The lowest BCUT2D eigenvalue weighted by atomic mass is 10.0. The lowest BCUT2D eigenvalue weighted by Crippen LogP contribution is -2.43. The minimum atomic E-state index is -3.43. The van der Waals surface area contributed by atoms with Gasteiger partial charge in [-0.3, -0.25) is 0 Å². The highest BCUT2D eigenvalue weighted by Gasteiger charge is 2.32. The Balaban J connectivity index is 2.00. The van der Waals surface area contributed by atoms with Crippen molar-refractivity contribution in [3.8, 4) is 5.75 Å². The molecule has 0 aromatic heterocycles. The second-order valence-electron chi connectivity index (χ2n) is 6.05. The van der Waals surface area contributed by atoms with E-state index in [2.05, 4.69) is 6.92 Å². The molecule has 1 saturated heterocycles. The summed E-state index contributed by atoms with van der Waals surface area (Å²) >= 11 is 0. The third kappa shape index (κ3) is 3.08. The predicted octanol–water partition coefficient (Wildman–Crippen LogP) is 3.80. The summed E-state index contributed by atoms with van der Waals surface area (Å²) in [6.07, 6.45) is 3.88. The summed E-state index contributed by atoms with van der Waals surface area (Å²) in [6, 6.07) is 11.1. The molecule has 0 spiro atoms. The molecule has 124 valence electrons. The number of rotatable bonds is 4. The first-order valence-corrected chi connectivity index (χ1v) is 9.60. The van der Waals surface area contributed by atoms with Crippen LogP contribution in [-0.4, -0.2) is 32.4 Å². The number of benzene rings is 2. The van der Waals surface area contributed by atoms with Crippen LogP contribution in [0.15, 0.2) is 41.3 Å². The minimum Gasteiger partial charge on any atom is -0.497 e. The van der Waals surface area contributed by atoms with Gasteiger partial charge >= 0.3 is 0 Å². The van der Waals surface area contributed by atoms with Crippen molar-refractivity contribution in [2.75, 3.05) is 13.7 Å². The van der Waals surface area contributed by atoms with Gasteiger partial charge in [0.2, 0.25) is 10.0 Å². The van der Waals surface area contributed by atoms with E-state index in [4.69, 9.17) is 4.74 Å². The van der Waals surface area contributed by atoms with E-state index < -0.39 is 10.0 Å². The fraction of sp³-hybridized carbons (Fsp3) is 0.444. The summed E-state index contributed by atoms with van der Waals surface area (Å²) in [6.45, 7) is 2.69. The molecule has 0 bridgehead atoms. The Morgan fingerprint density at radius 2 is 1.87 bits per heavy atom. The SMILES string of the molecule is CCC1CCCCN1S(=O)(=O)c1ccc2cc(OC)ccc2c1. The lowest BCUT2D eigenvalue weighted by Gasteiger charge is -2.34. The number of ether oxygens (including phenoxy) is 1. The molecule has 1 atom stereocenters. The van der Waals surface area contributed by atoms with Crippen molar-refractivity contribution in [3.63, 3.8) is 0 Å². The summed E-state index contributed by atoms with van der Waals surface area (Å²) in [4.78, 5) is 0.385. The van der Waals surface area contributed by atoms with E-state index >= 15 is 0 Å². The Kier molecular flexibility index (Phi) is 4.60. The molecule has 1 aliphatic rings. The van der Waals surface area contributed by atoms with Gasteiger partial charge in [0.05, 0.1) is 12.0 Å². The molecule has 3 rings (SSSR count). The van der Waals surface area contributed by atoms with Gasteiger partial charge in [0.25, 0.3) is 0 Å². The molecule has 1 heterocycles. The maximum Gasteiger partial charge on any atom is 0.243 e. The van der Waals surface area contributed by atoms with Crippen LogP contribution < -0.4 is 4.74 Å². The van der Waals surface area contributed by atoms with Gasteiger partial charge in [0.15, 0.2) is 0 Å². The second kappa shape index (κ2) is 6.49. The maximum atomic E-state index is 13.0. The van der Waals surface area contributed by atoms with Gasteiger partial charge in [-0.25, -0.2) is 8.42 Å². The zero-order valence-electron chi connectivity index (χ0n) is 13.7. The monoisotopic (exact) mass is 333 g/mol. The third-order valence-corrected chi connectivity index (χ3v) is 6.62. The Labute approximate surface area is 138 Å². The highest BCUT2D eigenvalue weighted by Crippen LogP contribution is 2.29. The van der Waals surface area contributed by atoms with Crippen LogP contribution in [-0.2, 0) is 10.0 Å². The standard InChI is InChI=1S/C18H23NO3S/c1-3-16-6-4-5-11-19(16)23(20,21)18-10-8-14-12-17(22-2)9-7-15(14)13-18/h7-10,12-13,16H,3-6,11H2,1-2H3. The number of hydrogen-bond donors (Lipinski definition) is 0. The first kappa shape index (κ1) is 16.3. The molecule has 0 saturated carbocycles. The summed E-state index contributed by atoms with van der Waals surface area (Å²) in [5.74, 6) is 0.773. The zero-order valence-corrected chi connectivity index (χ0v) is 14.5. The van der Waals surface area contributed by atoms with Crippen LogP contribution in [0.3, 0.4) is 0 Å². The van der Waals surface area contributed by atoms with E-state index in [0.29, 0.717) is 11.4 Å². The normalized spacial score (nSPS) is 19.8. The lowest BCUT2D eigenvalue weighted by molar-refractivity contribution is 0.246. The molecule has 2 aromatic rings. The van der Waals surface area contributed by atoms with Crippen LogP contribution in [0.2, 0.25) is 0 Å². The maximum absolute atomic E-state index is 13.0. The summed E-state index contributed by atoms with van der Waals surface area (Å²) in [7, 11) is -1.80. The van der Waals surface area contributed by atoms with E-state index in [1.165, 1.54) is 0 Å². The Morgan fingerprint density at radius 3 is 2.61 bits per heavy atom. The van der Waals surface area contributed by atoms with Crippen LogP contribution in [0.25, 0.3) is 10.8 Å². The van der Waals surface area contributed by atoms with E-state index in [-0.39, 0.29) is 6.04 Å². The van der Waals surface area contributed by atoms with Crippen molar-refractivity contribution >= 4 is 20.8 Å². The van der Waals surface area contributed by atoms with Crippen LogP contribution in [0.5, 0.6) is 5.75 Å². The number of hydrogen-bond acceptors (Lipinski definition) is 3. The third-order valence-electron chi connectivity index (χ3n) is 4.67. The molecule has 1 unspecified atom stereocenters. The van der Waals surface area contributed by atoms with Gasteiger partial charge in [-0.1, -0.05) is 25.5 Å². The minimum absolute atomic E-state index is 0.125. The van der Waals surface area contributed by atoms with E-state index in [1.54, 1.807) is 23.5 Å². The molecule has 23 heavy (non-hydrogen) atoms. The van der Waals surface area contributed by atoms with E-state index in [1.807, 2.05) is 24.3 Å². The summed E-state index contributed by atoms with van der Waals surface area (Å²) < 4.78 is 33.0.